The van der Waals surface area contributed by atoms with Crippen LogP contribution in [0.5, 0.6) is 0 Å². The first-order valence-electron chi connectivity index (χ1n) is 4.18. The highest BCUT2D eigenvalue weighted by atomic mass is 16.1. The number of hydrogen-bond acceptors (Lipinski definition) is 2. The summed E-state index contributed by atoms with van der Waals surface area (Å²) in [4.78, 5) is 21.5. The average Bonchev–Trinajstić information content (AvgIpc) is 2.15. The zero-order valence-electron chi connectivity index (χ0n) is 7.86. The SMILES string of the molecule is CC(=O)c1cccc(/C=C\C(N)=O)c1. The molecule has 0 saturated heterocycles. The topological polar surface area (TPSA) is 60.2 Å². The van der Waals surface area contributed by atoms with Crippen molar-refractivity contribution >= 4 is 17.8 Å². The monoisotopic (exact) mass is 189 g/mol. The van der Waals surface area contributed by atoms with Crippen LogP contribution in [-0.4, -0.2) is 11.7 Å². The number of ketones is 1. The number of Topliss-reactive ketones (excluding diaryl/α,β-unsaturated/α-hetero) is 1. The summed E-state index contributed by atoms with van der Waals surface area (Å²) in [5.74, 6) is -0.502. The first-order valence-corrected chi connectivity index (χ1v) is 4.18. The number of amides is 1. The van der Waals surface area contributed by atoms with Crippen LogP contribution in [0.4, 0.5) is 0 Å². The van der Waals surface area contributed by atoms with E-state index in [9.17, 15) is 9.59 Å². The lowest BCUT2D eigenvalue weighted by Gasteiger charge is -1.96. The van der Waals surface area contributed by atoms with Gasteiger partial charge in [0.1, 0.15) is 0 Å². The van der Waals surface area contributed by atoms with Gasteiger partial charge in [-0.1, -0.05) is 18.2 Å². The predicted octanol–water partition coefficient (Wildman–Crippen LogP) is 1.39. The largest absolute Gasteiger partial charge is 0.366 e. The van der Waals surface area contributed by atoms with Crippen LogP contribution in [0.2, 0.25) is 0 Å². The Hall–Kier alpha value is -1.90. The number of benzene rings is 1. The zero-order valence-corrected chi connectivity index (χ0v) is 7.86. The van der Waals surface area contributed by atoms with Gasteiger partial charge in [0.25, 0.3) is 0 Å². The maximum Gasteiger partial charge on any atom is 0.241 e. The summed E-state index contributed by atoms with van der Waals surface area (Å²) in [5, 5.41) is 0. The third-order valence-corrected chi connectivity index (χ3v) is 1.73. The van der Waals surface area contributed by atoms with Crippen molar-refractivity contribution < 1.29 is 9.59 Å². The van der Waals surface area contributed by atoms with Crippen molar-refractivity contribution in [3.05, 3.63) is 41.5 Å². The molecule has 0 atom stereocenters. The van der Waals surface area contributed by atoms with E-state index >= 15 is 0 Å². The number of primary amides is 1. The van der Waals surface area contributed by atoms with Gasteiger partial charge in [0.05, 0.1) is 0 Å². The van der Waals surface area contributed by atoms with Gasteiger partial charge < -0.3 is 5.73 Å². The summed E-state index contributed by atoms with van der Waals surface area (Å²) >= 11 is 0. The molecule has 0 aliphatic heterocycles. The molecule has 0 bridgehead atoms. The molecule has 1 rings (SSSR count). The van der Waals surface area contributed by atoms with Crippen molar-refractivity contribution in [1.82, 2.24) is 0 Å². The minimum atomic E-state index is -0.502. The lowest BCUT2D eigenvalue weighted by atomic mass is 10.1. The van der Waals surface area contributed by atoms with Gasteiger partial charge >= 0.3 is 0 Å². The number of hydrogen-bond donors (Lipinski definition) is 1. The average molecular weight is 189 g/mol. The molecule has 0 aliphatic carbocycles. The molecule has 0 saturated carbocycles. The fourth-order valence-corrected chi connectivity index (χ4v) is 1.04. The summed E-state index contributed by atoms with van der Waals surface area (Å²) in [6, 6.07) is 7.00. The Morgan fingerprint density at radius 3 is 2.64 bits per heavy atom. The fourth-order valence-electron chi connectivity index (χ4n) is 1.04. The van der Waals surface area contributed by atoms with Gasteiger partial charge in [0, 0.05) is 11.6 Å². The number of rotatable bonds is 3. The summed E-state index contributed by atoms with van der Waals surface area (Å²) in [5.41, 5.74) is 6.36. The van der Waals surface area contributed by atoms with Crippen molar-refractivity contribution in [3.63, 3.8) is 0 Å². The number of carbonyl (C=O) groups is 2. The van der Waals surface area contributed by atoms with Crippen LogP contribution in [0, 0.1) is 0 Å². The Kier molecular flexibility index (Phi) is 3.18. The molecule has 0 spiro atoms. The minimum absolute atomic E-state index is 0.000625. The molecular formula is C11H11NO2. The van der Waals surface area contributed by atoms with E-state index in [4.69, 9.17) is 5.73 Å². The van der Waals surface area contributed by atoms with Gasteiger partial charge in [-0.25, -0.2) is 0 Å². The molecule has 0 fully saturated rings. The van der Waals surface area contributed by atoms with Gasteiger partial charge in [0.2, 0.25) is 5.91 Å². The first-order chi connectivity index (χ1) is 6.59. The second-order valence-corrected chi connectivity index (χ2v) is 2.92. The molecule has 3 nitrogen and oxygen atoms in total. The van der Waals surface area contributed by atoms with Crippen molar-refractivity contribution in [2.45, 2.75) is 6.92 Å². The van der Waals surface area contributed by atoms with Crippen LogP contribution in [0.15, 0.2) is 30.3 Å². The Morgan fingerprint density at radius 2 is 2.07 bits per heavy atom. The summed E-state index contributed by atoms with van der Waals surface area (Å²) < 4.78 is 0. The van der Waals surface area contributed by atoms with Crippen LogP contribution < -0.4 is 5.73 Å². The Labute approximate surface area is 82.2 Å². The van der Waals surface area contributed by atoms with Crippen LogP contribution in [-0.2, 0) is 4.79 Å². The molecule has 0 unspecified atom stereocenters. The highest BCUT2D eigenvalue weighted by Crippen LogP contribution is 2.07. The summed E-state index contributed by atoms with van der Waals surface area (Å²) in [6.45, 7) is 1.50. The highest BCUT2D eigenvalue weighted by molar-refractivity contribution is 5.95. The van der Waals surface area contributed by atoms with Gasteiger partial charge in [-0.2, -0.15) is 0 Å². The second kappa shape index (κ2) is 4.37. The molecule has 72 valence electrons. The predicted molar refractivity (Wildman–Crippen MR) is 54.7 cm³/mol. The minimum Gasteiger partial charge on any atom is -0.366 e. The van der Waals surface area contributed by atoms with E-state index in [2.05, 4.69) is 0 Å². The van der Waals surface area contributed by atoms with Crippen LogP contribution >= 0.6 is 0 Å². The third-order valence-electron chi connectivity index (χ3n) is 1.73. The number of nitrogens with two attached hydrogens (primary N) is 1. The Bertz CT molecular complexity index is 394. The van der Waals surface area contributed by atoms with E-state index in [0.29, 0.717) is 5.56 Å². The molecule has 3 heteroatoms. The normalized spacial score (nSPS) is 10.4. The van der Waals surface area contributed by atoms with Crippen molar-refractivity contribution in [2.24, 2.45) is 5.73 Å². The molecular weight excluding hydrogens is 178 g/mol. The van der Waals surface area contributed by atoms with Crippen LogP contribution in [0.3, 0.4) is 0 Å². The van der Waals surface area contributed by atoms with E-state index in [0.717, 1.165) is 5.56 Å². The molecule has 0 heterocycles. The summed E-state index contributed by atoms with van der Waals surface area (Å²) in [6.07, 6.45) is 2.84. The maximum absolute atomic E-state index is 11.0. The lowest BCUT2D eigenvalue weighted by molar-refractivity contribution is -0.113. The Balaban J connectivity index is 2.94. The molecule has 0 radical (unpaired) electrons. The van der Waals surface area contributed by atoms with Crippen LogP contribution in [0.1, 0.15) is 22.8 Å². The molecule has 0 aliphatic rings. The van der Waals surface area contributed by atoms with E-state index in [1.165, 1.54) is 13.0 Å². The molecule has 0 aromatic heterocycles. The smallest absolute Gasteiger partial charge is 0.241 e. The van der Waals surface area contributed by atoms with Crippen molar-refractivity contribution in [2.75, 3.05) is 0 Å². The zero-order chi connectivity index (χ0) is 10.6. The standard InChI is InChI=1S/C11H11NO2/c1-8(13)10-4-2-3-9(7-10)5-6-11(12)14/h2-7H,1H3,(H2,12,14)/b6-5-. The lowest BCUT2D eigenvalue weighted by Crippen LogP contribution is -2.05. The van der Waals surface area contributed by atoms with Gasteiger partial charge in [-0.15, -0.1) is 0 Å². The molecule has 1 aromatic carbocycles. The number of carbonyl (C=O) groups excluding carboxylic acids is 2. The van der Waals surface area contributed by atoms with E-state index in [1.54, 1.807) is 30.3 Å². The van der Waals surface area contributed by atoms with Gasteiger partial charge in [-0.05, 0) is 24.6 Å². The van der Waals surface area contributed by atoms with Gasteiger partial charge in [0.15, 0.2) is 5.78 Å². The van der Waals surface area contributed by atoms with E-state index in [1.807, 2.05) is 0 Å². The fraction of sp³-hybridized carbons (Fsp3) is 0.0909. The third kappa shape index (κ3) is 2.86. The van der Waals surface area contributed by atoms with E-state index in [-0.39, 0.29) is 5.78 Å². The first kappa shape index (κ1) is 10.2. The van der Waals surface area contributed by atoms with Crippen LogP contribution in [0.25, 0.3) is 6.08 Å². The molecule has 2 N–H and O–H groups in total. The highest BCUT2D eigenvalue weighted by Gasteiger charge is 1.98. The molecule has 1 amide bonds. The quantitative estimate of drug-likeness (QED) is 0.577. The Morgan fingerprint density at radius 1 is 1.36 bits per heavy atom. The van der Waals surface area contributed by atoms with Crippen molar-refractivity contribution in [3.8, 4) is 0 Å². The maximum atomic E-state index is 11.0. The molecule has 1 aromatic rings. The van der Waals surface area contributed by atoms with Crippen molar-refractivity contribution in [1.29, 1.82) is 0 Å². The summed E-state index contributed by atoms with van der Waals surface area (Å²) in [7, 11) is 0. The van der Waals surface area contributed by atoms with Gasteiger partial charge in [-0.3, -0.25) is 9.59 Å². The second-order valence-electron chi connectivity index (χ2n) is 2.92. The van der Waals surface area contributed by atoms with E-state index < -0.39 is 5.91 Å². The molecule has 14 heavy (non-hydrogen) atoms.